The van der Waals surface area contributed by atoms with Gasteiger partial charge in [0, 0.05) is 0 Å². The van der Waals surface area contributed by atoms with Gasteiger partial charge in [0.1, 0.15) is 0 Å². The Morgan fingerprint density at radius 1 is 1.18 bits per heavy atom. The molecule has 1 aromatic carbocycles. The van der Waals surface area contributed by atoms with Gasteiger partial charge in [-0.15, -0.1) is 5.10 Å². The van der Waals surface area contributed by atoms with Gasteiger partial charge < -0.3 is 0 Å². The highest BCUT2D eigenvalue weighted by molar-refractivity contribution is 8.42. The molecule has 0 bridgehead atoms. The number of rotatable bonds is 4. The third kappa shape index (κ3) is 4.10. The number of sulfone groups is 1. The fraction of sp³-hybridized carbons (Fsp3) is 0.368. The first-order valence-corrected chi connectivity index (χ1v) is 11.4. The Labute approximate surface area is 169 Å². The first kappa shape index (κ1) is 20.5. The summed E-state index contributed by atoms with van der Waals surface area (Å²) >= 11 is 0.814. The summed E-state index contributed by atoms with van der Waals surface area (Å²) in [5.74, 6) is -0.463. The van der Waals surface area contributed by atoms with Gasteiger partial charge in [-0.05, 0) is 40.8 Å². The largest absolute Gasteiger partial charge is 0.283 e. The molecule has 0 saturated carbocycles. The molecule has 2 heterocycles. The average molecular weight is 419 g/mol. The molecule has 28 heavy (non-hydrogen) atoms. The van der Waals surface area contributed by atoms with E-state index in [1.54, 1.807) is 19.9 Å². The quantitative estimate of drug-likeness (QED) is 0.754. The molecule has 0 spiro atoms. The zero-order chi connectivity index (χ0) is 20.6. The molecule has 7 nitrogen and oxygen atoms in total. The second kappa shape index (κ2) is 7.63. The smallest absolute Gasteiger partial charge is 0.282 e. The minimum absolute atomic E-state index is 0.0495. The van der Waals surface area contributed by atoms with Crippen molar-refractivity contribution >= 4 is 49.0 Å². The van der Waals surface area contributed by atoms with Crippen molar-refractivity contribution in [2.24, 2.45) is 16.0 Å². The number of benzene rings is 1. The maximum Gasteiger partial charge on any atom is 0.283 e. The Kier molecular flexibility index (Phi) is 5.58. The van der Waals surface area contributed by atoms with Gasteiger partial charge >= 0.3 is 0 Å². The highest BCUT2D eigenvalue weighted by Gasteiger charge is 2.39. The molecule has 2 aliphatic heterocycles. The van der Waals surface area contributed by atoms with Gasteiger partial charge in [0.15, 0.2) is 5.84 Å². The monoisotopic (exact) mass is 418 g/mol. The number of hydrogen-bond donors (Lipinski definition) is 1. The number of nitrogens with zero attached hydrogens (tertiary/aromatic N) is 3. The van der Waals surface area contributed by atoms with Crippen molar-refractivity contribution < 1.29 is 13.2 Å². The summed E-state index contributed by atoms with van der Waals surface area (Å²) in [4.78, 5) is 16.4. The Morgan fingerprint density at radius 3 is 2.39 bits per heavy atom. The van der Waals surface area contributed by atoms with Crippen molar-refractivity contribution in [2.45, 2.75) is 33.6 Å². The lowest BCUT2D eigenvalue weighted by Gasteiger charge is -2.20. The summed E-state index contributed by atoms with van der Waals surface area (Å²) in [5.41, 5.74) is 2.01. The van der Waals surface area contributed by atoms with Crippen molar-refractivity contribution in [3.05, 3.63) is 41.0 Å². The first-order chi connectivity index (χ1) is 13.1. The lowest BCUT2D eigenvalue weighted by atomic mass is 10.0. The van der Waals surface area contributed by atoms with E-state index < -0.39 is 15.7 Å². The molecule has 0 radical (unpaired) electrons. The lowest BCUT2D eigenvalue weighted by Crippen LogP contribution is -2.35. The van der Waals surface area contributed by atoms with Gasteiger partial charge in [-0.25, -0.2) is 8.42 Å². The third-order valence-corrected chi connectivity index (χ3v) is 7.60. The minimum atomic E-state index is -3.58. The van der Waals surface area contributed by atoms with Crippen LogP contribution in [0.2, 0.25) is 0 Å². The van der Waals surface area contributed by atoms with Crippen molar-refractivity contribution in [1.29, 1.82) is 5.41 Å². The van der Waals surface area contributed by atoms with Crippen molar-refractivity contribution in [3.63, 3.8) is 0 Å². The topological polar surface area (TPSA) is 103 Å². The summed E-state index contributed by atoms with van der Waals surface area (Å²) in [6, 6.07) is 7.71. The van der Waals surface area contributed by atoms with Gasteiger partial charge in [-0.2, -0.15) is 10.0 Å². The van der Waals surface area contributed by atoms with E-state index in [-0.39, 0.29) is 32.6 Å². The van der Waals surface area contributed by atoms with Crippen molar-refractivity contribution in [3.8, 4) is 0 Å². The van der Waals surface area contributed by atoms with E-state index in [1.165, 1.54) is 5.56 Å². The Morgan fingerprint density at radius 2 is 1.82 bits per heavy atom. The molecule has 3 rings (SSSR count). The van der Waals surface area contributed by atoms with Gasteiger partial charge in [0.2, 0.25) is 19.4 Å². The molecule has 148 valence electrons. The highest BCUT2D eigenvalue weighted by atomic mass is 32.3. The SMILES string of the molecule is CC(C)CS(=O)(=O)C1=NN2C(=N)/C(=C\c3ccc(C(C)C)cc3)C(=O)N=C2S1. The van der Waals surface area contributed by atoms with Crippen LogP contribution in [0.3, 0.4) is 0 Å². The van der Waals surface area contributed by atoms with E-state index in [0.717, 1.165) is 22.3 Å². The molecule has 1 aromatic rings. The lowest BCUT2D eigenvalue weighted by molar-refractivity contribution is -0.114. The third-order valence-electron chi connectivity index (χ3n) is 4.17. The molecular formula is C19H22N4O3S2. The van der Waals surface area contributed by atoms with Gasteiger partial charge in [0.25, 0.3) is 5.91 Å². The van der Waals surface area contributed by atoms with Crippen LogP contribution in [0.4, 0.5) is 0 Å². The summed E-state index contributed by atoms with van der Waals surface area (Å²) < 4.78 is 24.7. The number of aliphatic imine (C=N–C) groups is 1. The van der Waals surface area contributed by atoms with E-state index in [1.807, 2.05) is 24.3 Å². The number of amides is 1. The zero-order valence-electron chi connectivity index (χ0n) is 16.1. The van der Waals surface area contributed by atoms with Gasteiger partial charge in [-0.1, -0.05) is 52.0 Å². The van der Waals surface area contributed by atoms with Gasteiger partial charge in [-0.3, -0.25) is 10.2 Å². The fourth-order valence-corrected chi connectivity index (χ4v) is 5.54. The van der Waals surface area contributed by atoms with E-state index in [2.05, 4.69) is 23.9 Å². The predicted octanol–water partition coefficient (Wildman–Crippen LogP) is 3.46. The average Bonchev–Trinajstić information content (AvgIpc) is 3.03. The molecule has 1 amide bonds. The summed E-state index contributed by atoms with van der Waals surface area (Å²) in [6.07, 6.45) is 1.58. The molecular weight excluding hydrogens is 396 g/mol. The zero-order valence-corrected chi connectivity index (χ0v) is 17.8. The highest BCUT2D eigenvalue weighted by Crippen LogP contribution is 2.31. The Bertz CT molecular complexity index is 1020. The van der Waals surface area contributed by atoms with E-state index in [0.29, 0.717) is 5.92 Å². The van der Waals surface area contributed by atoms with Crippen LogP contribution < -0.4 is 0 Å². The number of hydrazone groups is 1. The molecule has 0 saturated heterocycles. The van der Waals surface area contributed by atoms with Crippen molar-refractivity contribution in [2.75, 3.05) is 5.75 Å². The molecule has 0 unspecified atom stereocenters. The summed E-state index contributed by atoms with van der Waals surface area (Å²) in [5, 5.41) is 13.6. The molecule has 0 atom stereocenters. The molecule has 9 heteroatoms. The number of hydrogen-bond acceptors (Lipinski definition) is 6. The van der Waals surface area contributed by atoms with Crippen LogP contribution in [0.1, 0.15) is 44.7 Å². The van der Waals surface area contributed by atoms with Crippen LogP contribution >= 0.6 is 11.8 Å². The van der Waals surface area contributed by atoms with Gasteiger partial charge in [0.05, 0.1) is 11.3 Å². The van der Waals surface area contributed by atoms with Crippen molar-refractivity contribution in [1.82, 2.24) is 5.01 Å². The summed E-state index contributed by atoms with van der Waals surface area (Å²) in [6.45, 7) is 7.80. The van der Waals surface area contributed by atoms with Crippen LogP contribution in [0.15, 0.2) is 39.9 Å². The second-order valence-electron chi connectivity index (χ2n) is 7.38. The number of nitrogens with one attached hydrogen (secondary N) is 1. The molecule has 0 aliphatic carbocycles. The van der Waals surface area contributed by atoms with Crippen LogP contribution in [-0.2, 0) is 14.6 Å². The number of thioether (sulfide) groups is 1. The summed E-state index contributed by atoms with van der Waals surface area (Å²) in [7, 11) is -3.58. The molecule has 0 aromatic heterocycles. The molecule has 0 fully saturated rings. The minimum Gasteiger partial charge on any atom is -0.282 e. The Hall–Kier alpha value is -2.26. The van der Waals surface area contributed by atoms with Crippen LogP contribution in [0.25, 0.3) is 6.08 Å². The second-order valence-corrected chi connectivity index (χ2v) is 10.5. The van der Waals surface area contributed by atoms with Crippen LogP contribution in [-0.4, -0.2) is 40.5 Å². The Balaban J connectivity index is 1.91. The maximum atomic E-state index is 12.4. The van der Waals surface area contributed by atoms with Crippen LogP contribution in [0, 0.1) is 11.3 Å². The number of carbonyl (C=O) groups is 1. The first-order valence-electron chi connectivity index (χ1n) is 8.91. The maximum absolute atomic E-state index is 12.4. The number of fused-ring (bicyclic) bond motifs is 1. The predicted molar refractivity (Wildman–Crippen MR) is 114 cm³/mol. The van der Waals surface area contributed by atoms with E-state index in [9.17, 15) is 13.2 Å². The number of carbonyl (C=O) groups excluding carboxylic acids is 1. The normalized spacial score (nSPS) is 18.8. The fourth-order valence-electron chi connectivity index (χ4n) is 2.75. The standard InChI is InChI=1S/C19H22N4O3S2/c1-11(2)10-28(25,26)19-22-23-16(20)15(17(24)21-18(23)27-19)9-13-5-7-14(8-6-13)12(3)4/h5-9,11-12,20H,10H2,1-4H3/b15-9+,20-16?. The number of amidine groups is 2. The molecule has 1 N–H and O–H groups in total. The van der Waals surface area contributed by atoms with Crippen LogP contribution in [0.5, 0.6) is 0 Å². The van der Waals surface area contributed by atoms with E-state index >= 15 is 0 Å². The molecule has 2 aliphatic rings. The van der Waals surface area contributed by atoms with E-state index in [4.69, 9.17) is 5.41 Å².